The maximum absolute atomic E-state index is 11.9. The summed E-state index contributed by atoms with van der Waals surface area (Å²) in [6.07, 6.45) is 3.50. The second kappa shape index (κ2) is 9.45. The third kappa shape index (κ3) is 5.03. The SMILES string of the molecule is COc1cc(/C=C/C(NC(C)=O)c2cccc(O)c(=O)c2)cc(OC)c1OC. The van der Waals surface area contributed by atoms with Crippen molar-refractivity contribution in [3.8, 4) is 23.0 Å². The van der Waals surface area contributed by atoms with Gasteiger partial charge in [-0.15, -0.1) is 0 Å². The number of benzene rings is 1. The highest BCUT2D eigenvalue weighted by Gasteiger charge is 2.14. The predicted molar refractivity (Wildman–Crippen MR) is 106 cm³/mol. The monoisotopic (exact) mass is 385 g/mol. The molecule has 2 N–H and O–H groups in total. The quantitative estimate of drug-likeness (QED) is 0.761. The molecule has 0 bridgehead atoms. The minimum atomic E-state index is -0.573. The number of hydrogen-bond donors (Lipinski definition) is 2. The molecule has 148 valence electrons. The molecule has 0 saturated heterocycles. The summed E-state index contributed by atoms with van der Waals surface area (Å²) in [7, 11) is 4.57. The third-order valence-electron chi connectivity index (χ3n) is 3.98. The Morgan fingerprint density at radius 2 is 1.71 bits per heavy atom. The van der Waals surface area contributed by atoms with E-state index in [4.69, 9.17) is 14.2 Å². The van der Waals surface area contributed by atoms with Gasteiger partial charge in [0, 0.05) is 6.92 Å². The largest absolute Gasteiger partial charge is 0.504 e. The van der Waals surface area contributed by atoms with E-state index in [-0.39, 0.29) is 11.7 Å². The minimum Gasteiger partial charge on any atom is -0.504 e. The van der Waals surface area contributed by atoms with Crippen LogP contribution in [0.3, 0.4) is 0 Å². The number of methoxy groups -OCH3 is 3. The topological polar surface area (TPSA) is 94.1 Å². The molecule has 28 heavy (non-hydrogen) atoms. The molecular formula is C21H23NO6. The minimum absolute atomic E-state index is 0.261. The Hall–Kier alpha value is -3.48. The van der Waals surface area contributed by atoms with E-state index >= 15 is 0 Å². The zero-order valence-electron chi connectivity index (χ0n) is 16.2. The molecule has 0 heterocycles. The van der Waals surface area contributed by atoms with Crippen molar-refractivity contribution in [1.29, 1.82) is 0 Å². The molecule has 0 saturated carbocycles. The molecule has 7 nitrogen and oxygen atoms in total. The van der Waals surface area contributed by atoms with E-state index in [9.17, 15) is 14.7 Å². The molecule has 0 spiro atoms. The van der Waals surface area contributed by atoms with Crippen molar-refractivity contribution in [2.24, 2.45) is 0 Å². The first-order chi connectivity index (χ1) is 13.4. The average molecular weight is 385 g/mol. The van der Waals surface area contributed by atoms with Crippen molar-refractivity contribution < 1.29 is 24.1 Å². The van der Waals surface area contributed by atoms with Crippen LogP contribution in [0.15, 0.2) is 47.3 Å². The fourth-order valence-electron chi connectivity index (χ4n) is 2.67. The molecule has 0 aliphatic rings. The highest BCUT2D eigenvalue weighted by molar-refractivity contribution is 5.74. The Balaban J connectivity index is 2.47. The molecule has 0 aliphatic heterocycles. The highest BCUT2D eigenvalue weighted by atomic mass is 16.5. The zero-order chi connectivity index (χ0) is 20.7. The van der Waals surface area contributed by atoms with Gasteiger partial charge in [0.25, 0.3) is 0 Å². The van der Waals surface area contributed by atoms with Crippen molar-refractivity contribution in [3.05, 3.63) is 63.8 Å². The van der Waals surface area contributed by atoms with E-state index in [1.54, 1.807) is 36.4 Å². The van der Waals surface area contributed by atoms with Crippen molar-refractivity contribution in [2.75, 3.05) is 21.3 Å². The molecule has 1 amide bonds. The van der Waals surface area contributed by atoms with Crippen LogP contribution in [0.5, 0.6) is 23.0 Å². The molecule has 1 atom stereocenters. The van der Waals surface area contributed by atoms with Gasteiger partial charge in [-0.2, -0.15) is 0 Å². The van der Waals surface area contributed by atoms with Crippen molar-refractivity contribution in [2.45, 2.75) is 13.0 Å². The lowest BCUT2D eigenvalue weighted by atomic mass is 10.1. The maximum Gasteiger partial charge on any atom is 0.220 e. The molecule has 1 unspecified atom stereocenters. The van der Waals surface area contributed by atoms with Crippen LogP contribution in [0.25, 0.3) is 6.08 Å². The molecule has 0 aromatic heterocycles. The van der Waals surface area contributed by atoms with Crippen LogP contribution >= 0.6 is 0 Å². The van der Waals surface area contributed by atoms with Gasteiger partial charge in [-0.3, -0.25) is 9.59 Å². The van der Waals surface area contributed by atoms with Gasteiger partial charge in [-0.05, 0) is 35.4 Å². The summed E-state index contributed by atoms with van der Waals surface area (Å²) in [6.45, 7) is 1.39. The second-order valence-electron chi connectivity index (χ2n) is 5.92. The molecular weight excluding hydrogens is 362 g/mol. The van der Waals surface area contributed by atoms with Crippen molar-refractivity contribution >= 4 is 12.0 Å². The van der Waals surface area contributed by atoms with Gasteiger partial charge in [-0.1, -0.05) is 24.3 Å². The van der Waals surface area contributed by atoms with E-state index in [0.29, 0.717) is 22.8 Å². The first kappa shape index (κ1) is 20.8. The Labute approximate surface area is 163 Å². The number of hydrogen-bond acceptors (Lipinski definition) is 6. The van der Waals surface area contributed by atoms with E-state index < -0.39 is 11.5 Å². The lowest BCUT2D eigenvalue weighted by Gasteiger charge is -2.15. The molecule has 0 radical (unpaired) electrons. The second-order valence-corrected chi connectivity index (χ2v) is 5.92. The van der Waals surface area contributed by atoms with E-state index in [0.717, 1.165) is 5.56 Å². The van der Waals surface area contributed by atoms with Gasteiger partial charge >= 0.3 is 0 Å². The molecule has 0 aliphatic carbocycles. The molecule has 2 aromatic rings. The summed E-state index contributed by atoms with van der Waals surface area (Å²) >= 11 is 0. The van der Waals surface area contributed by atoms with Gasteiger partial charge in [0.05, 0.1) is 27.4 Å². The van der Waals surface area contributed by atoms with Crippen LogP contribution in [0.1, 0.15) is 24.1 Å². The van der Waals surface area contributed by atoms with Crippen LogP contribution < -0.4 is 25.0 Å². The maximum atomic E-state index is 11.9. The molecule has 0 fully saturated rings. The number of ether oxygens (including phenoxy) is 3. The Morgan fingerprint density at radius 3 is 2.25 bits per heavy atom. The third-order valence-corrected chi connectivity index (χ3v) is 3.98. The normalized spacial score (nSPS) is 11.7. The standard InChI is InChI=1S/C21H23NO6/c1-13(23)22-16(15-6-5-7-17(24)18(25)12-15)9-8-14-10-19(26-2)21(28-4)20(11-14)27-3/h5-12,16H,1-4H3,(H,22,23)(H,24,25)/b9-8+. The molecule has 7 heteroatoms. The van der Waals surface area contributed by atoms with Crippen LogP contribution in [0.4, 0.5) is 0 Å². The van der Waals surface area contributed by atoms with Gasteiger partial charge < -0.3 is 24.6 Å². The van der Waals surface area contributed by atoms with Crippen molar-refractivity contribution in [1.82, 2.24) is 5.32 Å². The summed E-state index contributed by atoms with van der Waals surface area (Å²) in [5.74, 6) is 0.845. The van der Waals surface area contributed by atoms with Gasteiger partial charge in [-0.25, -0.2) is 0 Å². The fraction of sp³-hybridized carbons (Fsp3) is 0.238. The summed E-state index contributed by atoms with van der Waals surface area (Å²) in [6, 6.07) is 8.75. The van der Waals surface area contributed by atoms with Crippen LogP contribution in [-0.4, -0.2) is 32.3 Å². The average Bonchev–Trinajstić information content (AvgIpc) is 2.84. The van der Waals surface area contributed by atoms with E-state index in [2.05, 4.69) is 5.32 Å². The number of nitrogens with one attached hydrogen (secondary N) is 1. The van der Waals surface area contributed by atoms with Crippen molar-refractivity contribution in [3.63, 3.8) is 0 Å². The Kier molecular flexibility index (Phi) is 7.03. The van der Waals surface area contributed by atoms with Crippen LogP contribution in [0.2, 0.25) is 0 Å². The predicted octanol–water partition coefficient (Wildman–Crippen LogP) is 2.67. The van der Waals surface area contributed by atoms with E-state index in [1.807, 2.05) is 0 Å². The number of aromatic hydroxyl groups is 1. The van der Waals surface area contributed by atoms with Gasteiger partial charge in [0.2, 0.25) is 17.1 Å². The summed E-state index contributed by atoms with van der Waals surface area (Å²) < 4.78 is 16.0. The summed E-state index contributed by atoms with van der Waals surface area (Å²) in [5, 5.41) is 12.4. The fourth-order valence-corrected chi connectivity index (χ4v) is 2.67. The highest BCUT2D eigenvalue weighted by Crippen LogP contribution is 2.38. The number of carbonyl (C=O) groups excluding carboxylic acids is 1. The number of amides is 1. The van der Waals surface area contributed by atoms with Gasteiger partial charge in [0.1, 0.15) is 0 Å². The van der Waals surface area contributed by atoms with Crippen LogP contribution in [0, 0.1) is 0 Å². The summed E-state index contributed by atoms with van der Waals surface area (Å²) in [5.41, 5.74) is 0.746. The smallest absolute Gasteiger partial charge is 0.220 e. The zero-order valence-corrected chi connectivity index (χ0v) is 16.2. The lowest BCUT2D eigenvalue weighted by molar-refractivity contribution is -0.119. The molecule has 2 aromatic carbocycles. The Morgan fingerprint density at radius 1 is 1.07 bits per heavy atom. The first-order valence-electron chi connectivity index (χ1n) is 8.48. The molecule has 2 rings (SSSR count). The first-order valence-corrected chi connectivity index (χ1v) is 8.48. The van der Waals surface area contributed by atoms with Gasteiger partial charge in [0.15, 0.2) is 17.2 Å². The van der Waals surface area contributed by atoms with E-state index in [1.165, 1.54) is 40.4 Å². The van der Waals surface area contributed by atoms with Crippen LogP contribution in [-0.2, 0) is 4.79 Å². The number of carbonyl (C=O) groups is 1. The lowest BCUT2D eigenvalue weighted by Crippen LogP contribution is -2.24. The Bertz CT molecular complexity index is 913. The number of rotatable bonds is 7. The summed E-state index contributed by atoms with van der Waals surface area (Å²) in [4.78, 5) is 23.5.